The molecule has 0 atom stereocenters. The number of nitrogens with one attached hydrogen (secondary N) is 2. The highest BCUT2D eigenvalue weighted by Gasteiger charge is 2.17. The van der Waals surface area contributed by atoms with Crippen molar-refractivity contribution in [2.45, 2.75) is 11.8 Å². The van der Waals surface area contributed by atoms with Gasteiger partial charge in [-0.05, 0) is 61.0 Å². The molecule has 0 spiro atoms. The van der Waals surface area contributed by atoms with Crippen LogP contribution in [0, 0.1) is 6.92 Å². The Morgan fingerprint density at radius 3 is 2.52 bits per heavy atom. The summed E-state index contributed by atoms with van der Waals surface area (Å²) < 4.78 is 34.0. The molecule has 31 heavy (non-hydrogen) atoms. The van der Waals surface area contributed by atoms with Gasteiger partial charge >= 0.3 is 0 Å². The van der Waals surface area contributed by atoms with Crippen molar-refractivity contribution in [2.24, 2.45) is 0 Å². The molecule has 2 N–H and O–H groups in total. The normalized spacial score (nSPS) is 11.3. The van der Waals surface area contributed by atoms with E-state index in [-0.39, 0.29) is 10.8 Å². The lowest BCUT2D eigenvalue weighted by molar-refractivity contribution is 0.102. The number of nitrogens with zero attached hydrogens (tertiary/aromatic N) is 1. The molecule has 0 aliphatic heterocycles. The van der Waals surface area contributed by atoms with Gasteiger partial charge < -0.3 is 4.74 Å². The Labute approximate surface area is 183 Å². The summed E-state index contributed by atoms with van der Waals surface area (Å²) in [4.78, 5) is 17.0. The molecular formula is C22H19N3O4S2. The van der Waals surface area contributed by atoms with Gasteiger partial charge in [-0.3, -0.25) is 14.8 Å². The van der Waals surface area contributed by atoms with E-state index in [1.165, 1.54) is 42.7 Å². The molecule has 7 nitrogen and oxygen atoms in total. The average Bonchev–Trinajstić information content (AvgIpc) is 3.15. The van der Waals surface area contributed by atoms with E-state index in [0.29, 0.717) is 22.1 Å². The molecule has 0 bridgehead atoms. The van der Waals surface area contributed by atoms with Crippen LogP contribution in [0.5, 0.6) is 5.75 Å². The van der Waals surface area contributed by atoms with Crippen molar-refractivity contribution in [1.29, 1.82) is 0 Å². The second-order valence-electron chi connectivity index (χ2n) is 6.77. The van der Waals surface area contributed by atoms with Crippen LogP contribution in [0.4, 0.5) is 10.8 Å². The van der Waals surface area contributed by atoms with E-state index < -0.39 is 10.0 Å². The predicted octanol–water partition coefficient (Wildman–Crippen LogP) is 4.67. The van der Waals surface area contributed by atoms with Crippen LogP contribution < -0.4 is 14.8 Å². The first-order valence-corrected chi connectivity index (χ1v) is 11.6. The number of anilines is 2. The van der Waals surface area contributed by atoms with Gasteiger partial charge in [0.15, 0.2) is 5.13 Å². The Morgan fingerprint density at radius 2 is 1.77 bits per heavy atom. The van der Waals surface area contributed by atoms with E-state index in [1.807, 2.05) is 25.1 Å². The number of benzene rings is 3. The number of thiazole rings is 1. The molecule has 4 aromatic rings. The van der Waals surface area contributed by atoms with E-state index >= 15 is 0 Å². The van der Waals surface area contributed by atoms with Gasteiger partial charge in [0, 0.05) is 5.56 Å². The number of fused-ring (bicyclic) bond motifs is 1. The van der Waals surface area contributed by atoms with Crippen LogP contribution in [0.25, 0.3) is 10.2 Å². The van der Waals surface area contributed by atoms with Crippen molar-refractivity contribution in [2.75, 3.05) is 17.1 Å². The minimum Gasteiger partial charge on any atom is -0.495 e. The van der Waals surface area contributed by atoms with Gasteiger partial charge in [0.1, 0.15) is 5.75 Å². The lowest BCUT2D eigenvalue weighted by Crippen LogP contribution is -2.15. The number of rotatable bonds is 6. The molecule has 0 unspecified atom stereocenters. The Hall–Kier alpha value is -3.43. The maximum Gasteiger partial charge on any atom is 0.262 e. The summed E-state index contributed by atoms with van der Waals surface area (Å²) in [5, 5.41) is 3.25. The fourth-order valence-electron chi connectivity index (χ4n) is 2.97. The second-order valence-corrected chi connectivity index (χ2v) is 9.49. The number of para-hydroxylation sites is 2. The fourth-order valence-corrected chi connectivity index (χ4v) is 5.00. The van der Waals surface area contributed by atoms with E-state index in [1.54, 1.807) is 24.3 Å². The molecule has 0 fully saturated rings. The number of sulfonamides is 1. The van der Waals surface area contributed by atoms with Crippen LogP contribution in [-0.4, -0.2) is 26.4 Å². The summed E-state index contributed by atoms with van der Waals surface area (Å²) in [5.41, 5.74) is 2.59. The van der Waals surface area contributed by atoms with Gasteiger partial charge in [0.25, 0.3) is 15.9 Å². The zero-order valence-electron chi connectivity index (χ0n) is 16.7. The molecule has 4 rings (SSSR count). The smallest absolute Gasteiger partial charge is 0.262 e. The molecule has 0 radical (unpaired) electrons. The van der Waals surface area contributed by atoms with Crippen molar-refractivity contribution >= 4 is 48.3 Å². The minimum atomic E-state index is -3.84. The summed E-state index contributed by atoms with van der Waals surface area (Å²) in [5.74, 6) is 0.0468. The third-order valence-corrected chi connectivity index (χ3v) is 6.86. The van der Waals surface area contributed by atoms with Gasteiger partial charge in [0.2, 0.25) is 0 Å². The van der Waals surface area contributed by atoms with E-state index in [4.69, 9.17) is 4.74 Å². The van der Waals surface area contributed by atoms with Crippen molar-refractivity contribution in [3.05, 3.63) is 77.9 Å². The maximum absolute atomic E-state index is 12.7. The van der Waals surface area contributed by atoms with E-state index in [2.05, 4.69) is 15.0 Å². The van der Waals surface area contributed by atoms with Crippen molar-refractivity contribution in [1.82, 2.24) is 4.98 Å². The molecule has 0 aliphatic rings. The number of hydrogen-bond acceptors (Lipinski definition) is 6. The fraction of sp³-hybridized carbons (Fsp3) is 0.0909. The molecule has 1 amide bonds. The highest BCUT2D eigenvalue weighted by atomic mass is 32.2. The van der Waals surface area contributed by atoms with Crippen LogP contribution in [-0.2, 0) is 10.0 Å². The zero-order chi connectivity index (χ0) is 22.0. The molecule has 3 aromatic carbocycles. The Bertz CT molecular complexity index is 1360. The first kappa shape index (κ1) is 20.8. The number of ether oxygens (including phenoxy) is 1. The second kappa shape index (κ2) is 8.37. The highest BCUT2D eigenvalue weighted by molar-refractivity contribution is 7.92. The standard InChI is InChI=1S/C22H19N3O4S2/c1-14-7-12-18-20(13-14)30-22(23-18)24-21(26)15-8-10-16(11-9-15)31(27,28)25-17-5-3-4-6-19(17)29-2/h3-13,25H,1-2H3,(H,23,24,26). The number of amides is 1. The Morgan fingerprint density at radius 1 is 1.03 bits per heavy atom. The van der Waals surface area contributed by atoms with Gasteiger partial charge in [-0.2, -0.15) is 0 Å². The van der Waals surface area contributed by atoms with E-state index in [0.717, 1.165) is 15.8 Å². The van der Waals surface area contributed by atoms with Crippen molar-refractivity contribution in [3.63, 3.8) is 0 Å². The molecule has 0 saturated heterocycles. The van der Waals surface area contributed by atoms with Gasteiger partial charge in [-0.1, -0.05) is 29.5 Å². The largest absolute Gasteiger partial charge is 0.495 e. The van der Waals surface area contributed by atoms with Crippen LogP contribution in [0.3, 0.4) is 0 Å². The average molecular weight is 454 g/mol. The van der Waals surface area contributed by atoms with Crippen molar-refractivity contribution < 1.29 is 17.9 Å². The molecule has 1 aromatic heterocycles. The molecule has 158 valence electrons. The number of carbonyl (C=O) groups is 1. The minimum absolute atomic E-state index is 0.0328. The number of methoxy groups -OCH3 is 1. The molecule has 1 heterocycles. The Kier molecular flexibility index (Phi) is 5.62. The predicted molar refractivity (Wildman–Crippen MR) is 123 cm³/mol. The first-order chi connectivity index (χ1) is 14.9. The summed E-state index contributed by atoms with van der Waals surface area (Å²) in [6.45, 7) is 2.00. The molecule has 9 heteroatoms. The lowest BCUT2D eigenvalue weighted by atomic mass is 10.2. The van der Waals surface area contributed by atoms with Gasteiger partial charge in [0.05, 0.1) is 27.9 Å². The van der Waals surface area contributed by atoms with Gasteiger partial charge in [-0.15, -0.1) is 0 Å². The summed E-state index contributed by atoms with van der Waals surface area (Å²) in [6, 6.07) is 18.3. The van der Waals surface area contributed by atoms with Crippen LogP contribution in [0.2, 0.25) is 0 Å². The molecule has 0 saturated carbocycles. The summed E-state index contributed by atoms with van der Waals surface area (Å²) >= 11 is 1.39. The third kappa shape index (κ3) is 4.52. The molecule has 0 aliphatic carbocycles. The summed E-state index contributed by atoms with van der Waals surface area (Å²) in [6.07, 6.45) is 0. The molecular weight excluding hydrogens is 434 g/mol. The van der Waals surface area contributed by atoms with Crippen LogP contribution in [0.15, 0.2) is 71.6 Å². The highest BCUT2D eigenvalue weighted by Crippen LogP contribution is 2.28. The quantitative estimate of drug-likeness (QED) is 0.442. The maximum atomic E-state index is 12.7. The van der Waals surface area contributed by atoms with E-state index in [9.17, 15) is 13.2 Å². The summed E-state index contributed by atoms with van der Waals surface area (Å²) in [7, 11) is -2.38. The Balaban J connectivity index is 1.50. The number of hydrogen-bond donors (Lipinski definition) is 2. The number of carbonyl (C=O) groups excluding carboxylic acids is 1. The monoisotopic (exact) mass is 453 g/mol. The zero-order valence-corrected chi connectivity index (χ0v) is 18.4. The van der Waals surface area contributed by atoms with Crippen LogP contribution in [0.1, 0.15) is 15.9 Å². The number of aryl methyl sites for hydroxylation is 1. The van der Waals surface area contributed by atoms with Gasteiger partial charge in [-0.25, -0.2) is 13.4 Å². The third-order valence-electron chi connectivity index (χ3n) is 4.54. The van der Waals surface area contributed by atoms with Crippen molar-refractivity contribution in [3.8, 4) is 5.75 Å². The first-order valence-electron chi connectivity index (χ1n) is 9.30. The SMILES string of the molecule is COc1ccccc1NS(=O)(=O)c1ccc(C(=O)Nc2nc3ccc(C)cc3s2)cc1. The van der Waals surface area contributed by atoms with Crippen LogP contribution >= 0.6 is 11.3 Å². The topological polar surface area (TPSA) is 97.4 Å². The lowest BCUT2D eigenvalue weighted by Gasteiger charge is -2.12. The number of aromatic nitrogens is 1.